The molecule has 0 heterocycles. The van der Waals surface area contributed by atoms with Crippen LogP contribution in [0, 0.1) is 5.82 Å². The van der Waals surface area contributed by atoms with Gasteiger partial charge in [-0.1, -0.05) is 72.8 Å². The van der Waals surface area contributed by atoms with Gasteiger partial charge in [-0.25, -0.2) is 4.39 Å². The minimum absolute atomic E-state index is 0.168. The van der Waals surface area contributed by atoms with Crippen molar-refractivity contribution in [3.8, 4) is 0 Å². The molecule has 1 aliphatic carbocycles. The van der Waals surface area contributed by atoms with E-state index >= 15 is 0 Å². The van der Waals surface area contributed by atoms with Crippen LogP contribution in [0.3, 0.4) is 0 Å². The lowest BCUT2D eigenvalue weighted by Gasteiger charge is -2.36. The first-order chi connectivity index (χ1) is 13.1. The van der Waals surface area contributed by atoms with Gasteiger partial charge in [0.1, 0.15) is 5.82 Å². The normalized spacial score (nSPS) is 16.3. The molecule has 1 saturated carbocycles. The fraction of sp³-hybridized carbons (Fsp3) is 0.250. The molecular weight excluding hydrogens is 337 g/mol. The van der Waals surface area contributed by atoms with E-state index in [1.807, 2.05) is 36.4 Å². The molecule has 3 aromatic carbocycles. The molecule has 0 aliphatic heterocycles. The third-order valence-electron chi connectivity index (χ3n) is 5.28. The van der Waals surface area contributed by atoms with Gasteiger partial charge in [0.05, 0.1) is 11.6 Å². The van der Waals surface area contributed by atoms with Gasteiger partial charge in [0, 0.05) is 13.1 Å². The summed E-state index contributed by atoms with van der Waals surface area (Å²) in [5.74, 6) is -0.252. The van der Waals surface area contributed by atoms with Gasteiger partial charge in [0.25, 0.3) is 0 Å². The predicted octanol–water partition coefficient (Wildman–Crippen LogP) is 5.09. The molecule has 3 heteroatoms. The zero-order chi connectivity index (χ0) is 18.7. The fourth-order valence-corrected chi connectivity index (χ4v) is 3.78. The van der Waals surface area contributed by atoms with E-state index in [1.165, 1.54) is 23.3 Å². The van der Waals surface area contributed by atoms with Gasteiger partial charge in [-0.3, -0.25) is 4.90 Å². The second-order valence-corrected chi connectivity index (χ2v) is 7.43. The van der Waals surface area contributed by atoms with Crippen LogP contribution in [0.25, 0.3) is 0 Å². The largest absolute Gasteiger partial charge is 0.388 e. The van der Waals surface area contributed by atoms with Gasteiger partial charge in [0.15, 0.2) is 0 Å². The quantitative estimate of drug-likeness (QED) is 0.633. The van der Waals surface area contributed by atoms with Crippen molar-refractivity contribution in [2.75, 3.05) is 0 Å². The van der Waals surface area contributed by atoms with Crippen molar-refractivity contribution in [3.63, 3.8) is 0 Å². The lowest BCUT2D eigenvalue weighted by Crippen LogP contribution is -2.37. The second kappa shape index (κ2) is 7.63. The Balaban J connectivity index is 1.70. The van der Waals surface area contributed by atoms with Gasteiger partial charge in [-0.15, -0.1) is 0 Å². The van der Waals surface area contributed by atoms with E-state index in [2.05, 4.69) is 29.2 Å². The van der Waals surface area contributed by atoms with Gasteiger partial charge in [0.2, 0.25) is 0 Å². The van der Waals surface area contributed by atoms with Crippen molar-refractivity contribution in [1.29, 1.82) is 0 Å². The molecule has 1 N–H and O–H groups in total. The molecular formula is C24H24FNO. The van der Waals surface area contributed by atoms with E-state index in [0.29, 0.717) is 0 Å². The van der Waals surface area contributed by atoms with E-state index in [1.54, 1.807) is 12.1 Å². The topological polar surface area (TPSA) is 23.5 Å². The minimum atomic E-state index is -0.749. The van der Waals surface area contributed by atoms with Crippen LogP contribution in [0.4, 0.5) is 4.39 Å². The van der Waals surface area contributed by atoms with Crippen molar-refractivity contribution >= 4 is 0 Å². The highest BCUT2D eigenvalue weighted by Gasteiger charge is 2.50. The highest BCUT2D eigenvalue weighted by molar-refractivity contribution is 5.28. The number of aliphatic hydroxyl groups is 1. The molecule has 1 aliphatic rings. The Morgan fingerprint density at radius 3 is 1.70 bits per heavy atom. The first kappa shape index (κ1) is 17.9. The van der Waals surface area contributed by atoms with Crippen LogP contribution in [0.2, 0.25) is 0 Å². The van der Waals surface area contributed by atoms with E-state index in [9.17, 15) is 9.50 Å². The molecule has 3 aromatic rings. The average molecular weight is 361 g/mol. The number of benzene rings is 3. The predicted molar refractivity (Wildman–Crippen MR) is 105 cm³/mol. The van der Waals surface area contributed by atoms with E-state index in [0.717, 1.165) is 31.5 Å². The third-order valence-corrected chi connectivity index (χ3v) is 5.28. The Bertz CT molecular complexity index is 818. The first-order valence-electron chi connectivity index (χ1n) is 9.44. The Hall–Kier alpha value is -2.49. The maximum atomic E-state index is 13.5. The molecule has 0 aromatic heterocycles. The maximum Gasteiger partial charge on any atom is 0.123 e. The molecule has 1 atom stereocenters. The van der Waals surface area contributed by atoms with Crippen LogP contribution >= 0.6 is 0 Å². The van der Waals surface area contributed by atoms with Crippen LogP contribution in [-0.2, 0) is 13.1 Å². The standard InChI is InChI=1S/C24H24FNO/c25-22-13-11-21(12-14-22)23(24(27)15-16-24)26(17-19-7-3-1-4-8-19)18-20-9-5-2-6-10-20/h1-14,23,27H,15-18H2/t23-/m0/s1. The average Bonchev–Trinajstić information content (AvgIpc) is 3.43. The summed E-state index contributed by atoms with van der Waals surface area (Å²) in [7, 11) is 0. The summed E-state index contributed by atoms with van der Waals surface area (Å²) < 4.78 is 13.5. The van der Waals surface area contributed by atoms with Crippen LogP contribution in [0.1, 0.15) is 35.6 Å². The Labute approximate surface area is 159 Å². The lowest BCUT2D eigenvalue weighted by atomic mass is 9.96. The smallest absolute Gasteiger partial charge is 0.123 e. The molecule has 0 bridgehead atoms. The van der Waals surface area contributed by atoms with Crippen molar-refractivity contribution in [1.82, 2.24) is 4.90 Å². The fourth-order valence-electron chi connectivity index (χ4n) is 3.78. The van der Waals surface area contributed by atoms with Gasteiger partial charge >= 0.3 is 0 Å². The summed E-state index contributed by atoms with van der Waals surface area (Å²) >= 11 is 0. The summed E-state index contributed by atoms with van der Waals surface area (Å²) in [6, 6.07) is 27.0. The van der Waals surface area contributed by atoms with Crippen LogP contribution in [0.15, 0.2) is 84.9 Å². The summed E-state index contributed by atoms with van der Waals surface area (Å²) in [4.78, 5) is 2.31. The molecule has 27 heavy (non-hydrogen) atoms. The zero-order valence-corrected chi connectivity index (χ0v) is 15.3. The minimum Gasteiger partial charge on any atom is -0.388 e. The summed E-state index contributed by atoms with van der Waals surface area (Å²) in [6.07, 6.45) is 1.55. The monoisotopic (exact) mass is 361 g/mol. The number of halogens is 1. The molecule has 0 unspecified atom stereocenters. The van der Waals surface area contributed by atoms with Crippen LogP contribution < -0.4 is 0 Å². The van der Waals surface area contributed by atoms with Gasteiger partial charge < -0.3 is 5.11 Å². The van der Waals surface area contributed by atoms with E-state index < -0.39 is 5.60 Å². The zero-order valence-electron chi connectivity index (χ0n) is 15.3. The first-order valence-corrected chi connectivity index (χ1v) is 9.44. The van der Waals surface area contributed by atoms with Gasteiger partial charge in [-0.2, -0.15) is 0 Å². The van der Waals surface area contributed by atoms with Crippen molar-refractivity contribution in [3.05, 3.63) is 107 Å². The SMILES string of the molecule is OC1([C@H](c2ccc(F)cc2)N(Cc2ccccc2)Cc2ccccc2)CC1. The Morgan fingerprint density at radius 1 is 0.778 bits per heavy atom. The molecule has 2 nitrogen and oxygen atoms in total. The number of nitrogens with zero attached hydrogens (tertiary/aromatic N) is 1. The molecule has 0 saturated heterocycles. The Morgan fingerprint density at radius 2 is 1.26 bits per heavy atom. The van der Waals surface area contributed by atoms with Crippen molar-refractivity contribution in [2.45, 2.75) is 37.6 Å². The van der Waals surface area contributed by atoms with Gasteiger partial charge in [-0.05, 0) is 41.7 Å². The third kappa shape index (κ3) is 4.26. The maximum absolute atomic E-state index is 13.5. The van der Waals surface area contributed by atoms with Crippen LogP contribution in [-0.4, -0.2) is 15.6 Å². The molecule has 0 amide bonds. The number of hydrogen-bond acceptors (Lipinski definition) is 2. The molecule has 138 valence electrons. The van der Waals surface area contributed by atoms with Crippen molar-refractivity contribution in [2.24, 2.45) is 0 Å². The number of hydrogen-bond donors (Lipinski definition) is 1. The summed E-state index contributed by atoms with van der Waals surface area (Å²) in [6.45, 7) is 1.44. The second-order valence-electron chi connectivity index (χ2n) is 7.43. The van der Waals surface area contributed by atoms with Crippen molar-refractivity contribution < 1.29 is 9.50 Å². The Kier molecular flexibility index (Phi) is 5.06. The molecule has 4 rings (SSSR count). The highest BCUT2D eigenvalue weighted by atomic mass is 19.1. The highest BCUT2D eigenvalue weighted by Crippen LogP contribution is 2.49. The molecule has 1 fully saturated rings. The molecule has 0 spiro atoms. The van der Waals surface area contributed by atoms with Crippen LogP contribution in [0.5, 0.6) is 0 Å². The van der Waals surface area contributed by atoms with E-state index in [-0.39, 0.29) is 11.9 Å². The lowest BCUT2D eigenvalue weighted by molar-refractivity contribution is 0.0189. The van der Waals surface area contributed by atoms with E-state index in [4.69, 9.17) is 0 Å². The molecule has 0 radical (unpaired) electrons. The number of rotatable bonds is 7. The summed E-state index contributed by atoms with van der Waals surface area (Å²) in [5.41, 5.74) is 2.61. The summed E-state index contributed by atoms with van der Waals surface area (Å²) in [5, 5.41) is 11.1.